The Morgan fingerprint density at radius 2 is 2.10 bits per heavy atom. The highest BCUT2D eigenvalue weighted by Crippen LogP contribution is 2.38. The smallest absolute Gasteiger partial charge is 0.265 e. The number of carbonyl (C=O) groups excluding carboxylic acids is 2. The highest BCUT2D eigenvalue weighted by Gasteiger charge is 2.47. The average Bonchev–Trinajstić information content (AvgIpc) is 3.53. The van der Waals surface area contributed by atoms with Crippen LogP contribution in [0.15, 0.2) is 22.7 Å². The minimum Gasteiger partial charge on any atom is -0.363 e. The van der Waals surface area contributed by atoms with Crippen molar-refractivity contribution in [3.8, 4) is 0 Å². The Labute approximate surface area is 177 Å². The van der Waals surface area contributed by atoms with Gasteiger partial charge in [-0.1, -0.05) is 22.0 Å². The first-order valence-electron chi connectivity index (χ1n) is 9.88. The summed E-state index contributed by atoms with van der Waals surface area (Å²) < 4.78 is 21.2. The van der Waals surface area contributed by atoms with Gasteiger partial charge in [-0.05, 0) is 37.8 Å². The van der Waals surface area contributed by atoms with Crippen LogP contribution in [0.4, 0.5) is 4.39 Å². The average molecular weight is 470 g/mol. The molecule has 2 saturated heterocycles. The molecule has 1 aromatic rings. The van der Waals surface area contributed by atoms with Gasteiger partial charge in [0.1, 0.15) is 18.5 Å². The van der Waals surface area contributed by atoms with Gasteiger partial charge in [-0.25, -0.2) is 9.87 Å². The number of amides is 2. The number of likely N-dealkylation sites (tertiary alicyclic amines) is 1. The van der Waals surface area contributed by atoms with Gasteiger partial charge in [0.25, 0.3) is 5.91 Å². The first kappa shape index (κ1) is 20.7. The Morgan fingerprint density at radius 3 is 2.72 bits per heavy atom. The second-order valence-electron chi connectivity index (χ2n) is 8.00. The predicted octanol–water partition coefficient (Wildman–Crippen LogP) is 2.16. The van der Waals surface area contributed by atoms with E-state index in [1.54, 1.807) is 12.1 Å². The summed E-state index contributed by atoms with van der Waals surface area (Å²) >= 11 is 3.26. The number of rotatable bonds is 5. The van der Waals surface area contributed by atoms with Crippen LogP contribution < -0.4 is 5.48 Å². The summed E-state index contributed by atoms with van der Waals surface area (Å²) in [6, 6.07) is 4.26. The third kappa shape index (κ3) is 4.33. The first-order chi connectivity index (χ1) is 13.9. The molecule has 1 atom stereocenters. The van der Waals surface area contributed by atoms with Crippen LogP contribution in [-0.2, 0) is 19.2 Å². The molecule has 1 aromatic carbocycles. The Hall–Kier alpha value is -1.55. The fraction of sp³-hybridized carbons (Fsp3) is 0.600. The molecule has 7 nitrogen and oxygen atoms in total. The van der Waals surface area contributed by atoms with Crippen molar-refractivity contribution in [2.75, 3.05) is 33.4 Å². The van der Waals surface area contributed by atoms with Crippen LogP contribution in [0.2, 0.25) is 0 Å². The van der Waals surface area contributed by atoms with Crippen LogP contribution in [0.3, 0.4) is 0 Å². The number of carbonyl (C=O) groups is 2. The lowest BCUT2D eigenvalue weighted by Crippen LogP contribution is -2.60. The van der Waals surface area contributed by atoms with Crippen molar-refractivity contribution in [2.24, 2.45) is 0 Å². The van der Waals surface area contributed by atoms with Crippen molar-refractivity contribution in [2.45, 2.75) is 43.4 Å². The van der Waals surface area contributed by atoms with Gasteiger partial charge in [-0.3, -0.25) is 19.3 Å². The monoisotopic (exact) mass is 469 g/mol. The maximum Gasteiger partial charge on any atom is 0.265 e. The number of piperidine rings is 1. The predicted molar refractivity (Wildman–Crippen MR) is 106 cm³/mol. The molecule has 1 spiro atoms. The van der Waals surface area contributed by atoms with E-state index in [9.17, 15) is 14.0 Å². The van der Waals surface area contributed by atoms with Gasteiger partial charge in [0.05, 0.1) is 19.3 Å². The number of hydroxylamine groups is 1. The molecule has 1 saturated carbocycles. The Kier molecular flexibility index (Phi) is 5.92. The number of nitrogens with zero attached hydrogens (tertiary/aromatic N) is 2. The first-order valence-corrected chi connectivity index (χ1v) is 10.7. The van der Waals surface area contributed by atoms with Gasteiger partial charge >= 0.3 is 0 Å². The maximum atomic E-state index is 14.6. The normalized spacial score (nSPS) is 23.3. The molecule has 1 N–H and O–H groups in total. The summed E-state index contributed by atoms with van der Waals surface area (Å²) in [6.07, 6.45) is 3.49. The fourth-order valence-corrected chi connectivity index (χ4v) is 4.67. The molecular weight excluding hydrogens is 445 g/mol. The van der Waals surface area contributed by atoms with Gasteiger partial charge in [0.2, 0.25) is 5.91 Å². The zero-order valence-electron chi connectivity index (χ0n) is 16.3. The molecule has 0 radical (unpaired) electrons. The summed E-state index contributed by atoms with van der Waals surface area (Å²) in [7, 11) is 1.36. The minimum absolute atomic E-state index is 0.0647. The van der Waals surface area contributed by atoms with E-state index >= 15 is 0 Å². The lowest BCUT2D eigenvalue weighted by Gasteiger charge is -2.48. The van der Waals surface area contributed by atoms with Crippen LogP contribution in [0, 0.1) is 5.82 Å². The quantitative estimate of drug-likeness (QED) is 0.669. The molecule has 3 aliphatic rings. The van der Waals surface area contributed by atoms with Crippen molar-refractivity contribution in [3.05, 3.63) is 34.1 Å². The summed E-state index contributed by atoms with van der Waals surface area (Å²) in [5.41, 5.74) is 2.27. The summed E-state index contributed by atoms with van der Waals surface area (Å²) in [4.78, 5) is 33.6. The number of hydrogen-bond donors (Lipinski definition) is 1. The highest BCUT2D eigenvalue weighted by molar-refractivity contribution is 9.10. The lowest BCUT2D eigenvalue weighted by atomic mass is 9.87. The molecule has 2 heterocycles. The van der Waals surface area contributed by atoms with Crippen LogP contribution in [0.1, 0.15) is 37.3 Å². The zero-order chi connectivity index (χ0) is 20.6. The van der Waals surface area contributed by atoms with Crippen molar-refractivity contribution in [3.63, 3.8) is 0 Å². The largest absolute Gasteiger partial charge is 0.363 e. The Morgan fingerprint density at radius 1 is 1.38 bits per heavy atom. The second-order valence-corrected chi connectivity index (χ2v) is 8.91. The molecule has 9 heteroatoms. The van der Waals surface area contributed by atoms with Crippen molar-refractivity contribution >= 4 is 27.7 Å². The molecule has 4 rings (SSSR count). The molecule has 3 fully saturated rings. The van der Waals surface area contributed by atoms with E-state index in [1.165, 1.54) is 13.2 Å². The SMILES string of the molecule is CONC(=O)C(c1ccc(Br)cc1F)N1CCC2(CC1)CN(C1CC1)C(=O)CO2. The molecular formula is C20H25BrFN3O4. The molecule has 2 amide bonds. The molecule has 0 bridgehead atoms. The van der Waals surface area contributed by atoms with Crippen molar-refractivity contribution in [1.29, 1.82) is 0 Å². The maximum absolute atomic E-state index is 14.6. The van der Waals surface area contributed by atoms with E-state index < -0.39 is 17.8 Å². The number of morpholine rings is 1. The van der Waals surface area contributed by atoms with Crippen molar-refractivity contribution < 1.29 is 23.6 Å². The van der Waals surface area contributed by atoms with Crippen LogP contribution in [-0.4, -0.2) is 66.6 Å². The van der Waals surface area contributed by atoms with Crippen LogP contribution >= 0.6 is 15.9 Å². The molecule has 29 heavy (non-hydrogen) atoms. The minimum atomic E-state index is -0.801. The second kappa shape index (κ2) is 8.29. The standard InChI is InChI=1S/C20H25BrFN3O4/c1-28-23-19(27)18(15-5-2-13(21)10-16(15)22)24-8-6-20(7-9-24)12-25(14-3-4-14)17(26)11-29-20/h2,5,10,14,18H,3-4,6-9,11-12H2,1H3,(H,23,27). The topological polar surface area (TPSA) is 71.1 Å². The van der Waals surface area contributed by atoms with Crippen LogP contribution in [0.5, 0.6) is 0 Å². The van der Waals surface area contributed by atoms with Gasteiger partial charge in [0.15, 0.2) is 0 Å². The summed E-state index contributed by atoms with van der Waals surface area (Å²) in [5.74, 6) is -0.797. The fourth-order valence-electron chi connectivity index (χ4n) is 4.34. The summed E-state index contributed by atoms with van der Waals surface area (Å²) in [6.45, 7) is 1.84. The molecule has 158 valence electrons. The lowest BCUT2D eigenvalue weighted by molar-refractivity contribution is -0.174. The van der Waals surface area contributed by atoms with Gasteiger partial charge in [0, 0.05) is 29.2 Å². The van der Waals surface area contributed by atoms with E-state index in [2.05, 4.69) is 21.4 Å². The molecule has 1 unspecified atom stereocenters. The van der Waals surface area contributed by atoms with Gasteiger partial charge in [-0.15, -0.1) is 0 Å². The Balaban J connectivity index is 1.50. The Bertz CT molecular complexity index is 796. The number of hydrogen-bond acceptors (Lipinski definition) is 5. The van der Waals surface area contributed by atoms with E-state index in [0.29, 0.717) is 48.6 Å². The summed E-state index contributed by atoms with van der Waals surface area (Å²) in [5, 5.41) is 0. The number of benzene rings is 1. The molecule has 0 aromatic heterocycles. The van der Waals surface area contributed by atoms with Crippen molar-refractivity contribution in [1.82, 2.24) is 15.3 Å². The van der Waals surface area contributed by atoms with Gasteiger partial charge < -0.3 is 9.64 Å². The van der Waals surface area contributed by atoms with E-state index in [4.69, 9.17) is 9.57 Å². The van der Waals surface area contributed by atoms with E-state index in [-0.39, 0.29) is 18.1 Å². The number of ether oxygens (including phenoxy) is 1. The molecule has 1 aliphatic carbocycles. The molecule has 2 aliphatic heterocycles. The highest BCUT2D eigenvalue weighted by atomic mass is 79.9. The zero-order valence-corrected chi connectivity index (χ0v) is 17.9. The number of nitrogens with one attached hydrogen (secondary N) is 1. The third-order valence-corrected chi connectivity index (χ3v) is 6.54. The van der Waals surface area contributed by atoms with Gasteiger partial charge in [-0.2, -0.15) is 0 Å². The van der Waals surface area contributed by atoms with Crippen LogP contribution in [0.25, 0.3) is 0 Å². The third-order valence-electron chi connectivity index (χ3n) is 6.05. The van der Waals surface area contributed by atoms with E-state index in [1.807, 2.05) is 9.80 Å². The number of halogens is 2. The van der Waals surface area contributed by atoms with E-state index in [0.717, 1.165) is 12.8 Å².